The summed E-state index contributed by atoms with van der Waals surface area (Å²) in [7, 11) is 4.91. The molecule has 0 spiro atoms. The summed E-state index contributed by atoms with van der Waals surface area (Å²) in [6.07, 6.45) is 3.31. The van der Waals surface area contributed by atoms with Crippen LogP contribution in [0.3, 0.4) is 0 Å². The third kappa shape index (κ3) is 6.64. The van der Waals surface area contributed by atoms with Gasteiger partial charge >= 0.3 is 0 Å². The first-order valence-corrected chi connectivity index (χ1v) is 15.1. The van der Waals surface area contributed by atoms with Gasteiger partial charge in [0.2, 0.25) is 0 Å². The second-order valence-electron chi connectivity index (χ2n) is 11.2. The summed E-state index contributed by atoms with van der Waals surface area (Å²) < 4.78 is 16.6. The lowest BCUT2D eigenvalue weighted by atomic mass is 9.98. The van der Waals surface area contributed by atoms with E-state index in [2.05, 4.69) is 32.7 Å². The highest BCUT2D eigenvalue weighted by Gasteiger charge is 2.20. The molecule has 46 heavy (non-hydrogen) atoms. The molecule has 1 aromatic heterocycles. The molecule has 1 aliphatic rings. The number of carbonyl (C=O) groups is 2. The molecule has 0 bridgehead atoms. The molecule has 0 saturated carbocycles. The van der Waals surface area contributed by atoms with E-state index in [4.69, 9.17) is 14.2 Å². The summed E-state index contributed by atoms with van der Waals surface area (Å²) in [5.74, 6) is 1.36. The van der Waals surface area contributed by atoms with Crippen LogP contribution in [0.25, 0.3) is 10.9 Å². The van der Waals surface area contributed by atoms with Crippen LogP contribution in [-0.4, -0.2) is 56.1 Å². The fourth-order valence-corrected chi connectivity index (χ4v) is 5.78. The number of pyridine rings is 1. The number of hydrogen-bond donors (Lipinski definition) is 2. The fraction of sp³-hybridized carbons (Fsp3) is 0.216. The zero-order valence-corrected chi connectivity index (χ0v) is 26.1. The van der Waals surface area contributed by atoms with Gasteiger partial charge in [-0.1, -0.05) is 36.4 Å². The number of hydrogen-bond acceptors (Lipinski definition) is 7. The minimum Gasteiger partial charge on any atom is -0.495 e. The lowest BCUT2D eigenvalue weighted by Gasteiger charge is -2.29. The number of carbonyl (C=O) groups excluding carboxylic acids is 2. The average molecular weight is 617 g/mol. The first kappa shape index (κ1) is 30.6. The van der Waals surface area contributed by atoms with Gasteiger partial charge in [0.25, 0.3) is 11.8 Å². The van der Waals surface area contributed by atoms with Gasteiger partial charge in [-0.3, -0.25) is 19.5 Å². The van der Waals surface area contributed by atoms with E-state index in [1.165, 1.54) is 17.3 Å². The van der Waals surface area contributed by atoms with Gasteiger partial charge in [-0.2, -0.15) is 0 Å². The third-order valence-corrected chi connectivity index (χ3v) is 8.30. The predicted molar refractivity (Wildman–Crippen MR) is 179 cm³/mol. The van der Waals surface area contributed by atoms with Crippen molar-refractivity contribution in [2.45, 2.75) is 19.4 Å². The first-order chi connectivity index (χ1) is 22.4. The molecule has 0 atom stereocenters. The van der Waals surface area contributed by atoms with Crippen molar-refractivity contribution in [1.82, 2.24) is 9.88 Å². The number of methoxy groups -OCH3 is 3. The van der Waals surface area contributed by atoms with Gasteiger partial charge in [0.1, 0.15) is 5.75 Å². The van der Waals surface area contributed by atoms with E-state index < -0.39 is 0 Å². The number of para-hydroxylation sites is 2. The normalized spacial score (nSPS) is 12.7. The molecular formula is C37H36N4O5. The molecule has 0 radical (unpaired) electrons. The molecular weight excluding hydrogens is 580 g/mol. The molecule has 2 N–H and O–H groups in total. The fourth-order valence-electron chi connectivity index (χ4n) is 5.78. The molecule has 234 valence electrons. The largest absolute Gasteiger partial charge is 0.495 e. The number of amides is 2. The second-order valence-corrected chi connectivity index (χ2v) is 11.2. The van der Waals surface area contributed by atoms with Gasteiger partial charge in [-0.25, -0.2) is 0 Å². The molecule has 1 aliphatic heterocycles. The lowest BCUT2D eigenvalue weighted by molar-refractivity contribution is 0.102. The maximum Gasteiger partial charge on any atom is 0.257 e. The number of benzene rings is 4. The molecule has 2 heterocycles. The highest BCUT2D eigenvalue weighted by atomic mass is 16.5. The smallest absolute Gasteiger partial charge is 0.257 e. The Morgan fingerprint density at radius 1 is 0.761 bits per heavy atom. The van der Waals surface area contributed by atoms with Crippen LogP contribution in [0.15, 0.2) is 91.1 Å². The number of nitrogens with one attached hydrogen (secondary N) is 2. The van der Waals surface area contributed by atoms with Crippen LogP contribution < -0.4 is 24.8 Å². The monoisotopic (exact) mass is 616 g/mol. The van der Waals surface area contributed by atoms with Crippen LogP contribution in [0.1, 0.15) is 37.4 Å². The first-order valence-electron chi connectivity index (χ1n) is 15.1. The summed E-state index contributed by atoms with van der Waals surface area (Å²) in [5.41, 5.74) is 6.13. The van der Waals surface area contributed by atoms with E-state index in [1.54, 1.807) is 51.7 Å². The van der Waals surface area contributed by atoms with Crippen molar-refractivity contribution >= 4 is 34.1 Å². The summed E-state index contributed by atoms with van der Waals surface area (Å²) in [4.78, 5) is 33.4. The molecule has 6 rings (SSSR count). The SMILES string of the molecule is COc1cc(CCN2CCc3cc(OC)c(OC)cc3C2)ccc1NC(=O)c1ccccc1NC(=O)c1cnc2ccccc2c1. The van der Waals surface area contributed by atoms with E-state index in [0.717, 1.165) is 60.4 Å². The number of aromatic nitrogens is 1. The standard InChI is InChI=1S/C37H36N4O5/c1-44-33-18-24(14-16-41-17-15-25-20-34(45-2)35(46-3)21-28(25)23-41)12-13-32(33)40-37(43)29-9-5-7-11-31(29)39-36(42)27-19-26-8-4-6-10-30(26)38-22-27/h4-13,18-22H,14-17,23H2,1-3H3,(H,39,42)(H,40,43). The molecule has 5 aromatic rings. The molecule has 0 fully saturated rings. The van der Waals surface area contributed by atoms with E-state index in [1.807, 2.05) is 42.5 Å². The van der Waals surface area contributed by atoms with Crippen molar-refractivity contribution < 1.29 is 23.8 Å². The minimum atomic E-state index is -0.363. The highest BCUT2D eigenvalue weighted by molar-refractivity contribution is 6.13. The summed E-state index contributed by atoms with van der Waals surface area (Å²) >= 11 is 0. The highest BCUT2D eigenvalue weighted by Crippen LogP contribution is 2.33. The summed E-state index contributed by atoms with van der Waals surface area (Å²) in [6, 6.07) is 26.3. The Morgan fingerprint density at radius 2 is 1.48 bits per heavy atom. The zero-order chi connectivity index (χ0) is 32.0. The van der Waals surface area contributed by atoms with E-state index in [9.17, 15) is 9.59 Å². The lowest BCUT2D eigenvalue weighted by Crippen LogP contribution is -2.32. The van der Waals surface area contributed by atoms with E-state index in [-0.39, 0.29) is 11.8 Å². The maximum absolute atomic E-state index is 13.4. The van der Waals surface area contributed by atoms with Crippen molar-refractivity contribution in [3.63, 3.8) is 0 Å². The van der Waals surface area contributed by atoms with E-state index >= 15 is 0 Å². The Morgan fingerprint density at radius 3 is 2.28 bits per heavy atom. The van der Waals surface area contributed by atoms with Gasteiger partial charge in [0.15, 0.2) is 11.5 Å². The van der Waals surface area contributed by atoms with Crippen LogP contribution in [0.5, 0.6) is 17.2 Å². The Balaban J connectivity index is 1.10. The summed E-state index contributed by atoms with van der Waals surface area (Å²) in [6.45, 7) is 2.68. The van der Waals surface area contributed by atoms with Gasteiger partial charge < -0.3 is 24.8 Å². The second kappa shape index (κ2) is 13.7. The molecule has 0 aliphatic carbocycles. The molecule has 9 heteroatoms. The van der Waals surface area contributed by atoms with Gasteiger partial charge in [-0.15, -0.1) is 0 Å². The van der Waals surface area contributed by atoms with Crippen molar-refractivity contribution in [1.29, 1.82) is 0 Å². The molecule has 2 amide bonds. The number of anilines is 2. The van der Waals surface area contributed by atoms with Crippen molar-refractivity contribution in [2.24, 2.45) is 0 Å². The maximum atomic E-state index is 13.4. The number of fused-ring (bicyclic) bond motifs is 2. The van der Waals surface area contributed by atoms with Crippen LogP contribution in [0.4, 0.5) is 11.4 Å². The predicted octanol–water partition coefficient (Wildman–Crippen LogP) is 6.37. The molecule has 4 aromatic carbocycles. The van der Waals surface area contributed by atoms with Gasteiger partial charge in [0, 0.05) is 31.2 Å². The number of nitrogens with zero attached hydrogens (tertiary/aromatic N) is 2. The topological polar surface area (TPSA) is 102 Å². The Hall–Kier alpha value is -5.41. The van der Waals surface area contributed by atoms with Crippen molar-refractivity contribution in [2.75, 3.05) is 45.1 Å². The number of rotatable bonds is 10. The molecule has 0 unspecified atom stereocenters. The Labute approximate surface area is 268 Å². The van der Waals surface area contributed by atoms with Crippen LogP contribution in [-0.2, 0) is 19.4 Å². The number of ether oxygens (including phenoxy) is 3. The van der Waals surface area contributed by atoms with Crippen LogP contribution >= 0.6 is 0 Å². The average Bonchev–Trinajstić information content (AvgIpc) is 3.10. The quantitative estimate of drug-likeness (QED) is 0.188. The van der Waals surface area contributed by atoms with Crippen molar-refractivity contribution in [3.8, 4) is 17.2 Å². The summed E-state index contributed by atoms with van der Waals surface area (Å²) in [5, 5.41) is 6.69. The van der Waals surface area contributed by atoms with E-state index in [0.29, 0.717) is 28.3 Å². The van der Waals surface area contributed by atoms with Crippen molar-refractivity contribution in [3.05, 3.63) is 119 Å². The molecule has 9 nitrogen and oxygen atoms in total. The van der Waals surface area contributed by atoms with Gasteiger partial charge in [-0.05, 0) is 78.1 Å². The van der Waals surface area contributed by atoms with Crippen LogP contribution in [0.2, 0.25) is 0 Å². The zero-order valence-electron chi connectivity index (χ0n) is 26.1. The Bertz CT molecular complexity index is 1910. The van der Waals surface area contributed by atoms with Gasteiger partial charge in [0.05, 0.1) is 49.3 Å². The third-order valence-electron chi connectivity index (χ3n) is 8.30. The minimum absolute atomic E-state index is 0.329. The molecule has 0 saturated heterocycles. The Kier molecular flexibility index (Phi) is 9.12. The van der Waals surface area contributed by atoms with Crippen LogP contribution in [0, 0.1) is 0 Å².